The Hall–Kier alpha value is -0.0400. The summed E-state index contributed by atoms with van der Waals surface area (Å²) in [5.74, 6) is 0. The van der Waals surface area contributed by atoms with E-state index in [1.165, 1.54) is 0 Å². The average Bonchev–Trinajstić information content (AvgIpc) is 1.35. The lowest BCUT2D eigenvalue weighted by atomic mass is 10.5. The van der Waals surface area contributed by atoms with Crippen LogP contribution in [0.3, 0.4) is 0 Å². The molecule has 0 aliphatic heterocycles. The van der Waals surface area contributed by atoms with Crippen LogP contribution in [-0.2, 0) is 0 Å². The summed E-state index contributed by atoms with van der Waals surface area (Å²) in [5, 5.41) is 8.16. The zero-order valence-electron chi connectivity index (χ0n) is 4.65. The monoisotopic (exact) mass is 64.1 g/mol. The summed E-state index contributed by atoms with van der Waals surface area (Å²) in [6, 6.07) is 0. The Bertz CT molecular complexity index is 38.5. The van der Waals surface area contributed by atoms with Crippen LogP contribution in [0.4, 0.5) is 0 Å². The van der Waals surface area contributed by atoms with Crippen LogP contribution in [0.2, 0.25) is 0 Å². The van der Waals surface area contributed by atoms with Crippen molar-refractivity contribution in [3.8, 4) is 0 Å². The van der Waals surface area contributed by atoms with Crippen LogP contribution in [0.5, 0.6) is 0 Å². The zero-order chi connectivity index (χ0) is 5.21. The first-order chi connectivity index (χ1) is 2.56. The molecule has 0 aliphatic rings. The second kappa shape index (κ2) is 2.96. The Labute approximate surface area is 29.1 Å². The summed E-state index contributed by atoms with van der Waals surface area (Å²) >= 11 is 0. The van der Waals surface area contributed by atoms with Crippen LogP contribution in [-0.4, -0.2) is 11.7 Å². The second-order valence-electron chi connectivity index (χ2n) is 0.512. The molecule has 0 aromatic carbocycles. The molecule has 0 bridgehead atoms. The van der Waals surface area contributed by atoms with Crippen molar-refractivity contribution in [1.82, 2.24) is 0 Å². The van der Waals surface area contributed by atoms with Crippen molar-refractivity contribution in [2.45, 2.75) is 13.3 Å². The number of aliphatic hydroxyl groups is 1. The van der Waals surface area contributed by atoms with Gasteiger partial charge in [-0.2, -0.15) is 0 Å². The SMILES string of the molecule is [3H]C([3H])(O)CC. The molecule has 0 rings (SSSR count). The van der Waals surface area contributed by atoms with Gasteiger partial charge in [-0.15, -0.1) is 0 Å². The Morgan fingerprint density at radius 1 is 2.25 bits per heavy atom. The molecule has 4 heavy (non-hydrogen) atoms. The lowest BCUT2D eigenvalue weighted by Gasteiger charge is -1.69. The molecule has 0 amide bonds. The predicted molar refractivity (Wildman–Crippen MR) is 17.4 cm³/mol. The van der Waals surface area contributed by atoms with Crippen LogP contribution in [0, 0.1) is 0 Å². The highest BCUT2D eigenvalue weighted by Crippen LogP contribution is 1.61. The van der Waals surface area contributed by atoms with E-state index in [9.17, 15) is 0 Å². The molecule has 0 aromatic heterocycles. The highest BCUT2D eigenvalue weighted by molar-refractivity contribution is 4.10. The molecule has 0 saturated carbocycles. The van der Waals surface area contributed by atoms with Crippen LogP contribution in [0.25, 0.3) is 0 Å². The van der Waals surface area contributed by atoms with Gasteiger partial charge in [0.2, 0.25) is 0 Å². The fourth-order valence-electron chi connectivity index (χ4n) is 0. The summed E-state index contributed by atoms with van der Waals surface area (Å²) in [6.07, 6.45) is 0.160. The number of rotatable bonds is 1. The van der Waals surface area contributed by atoms with Gasteiger partial charge in [0.1, 0.15) is 0 Å². The minimum absolute atomic E-state index is 0.160. The summed E-state index contributed by atoms with van der Waals surface area (Å²) in [4.78, 5) is 0. The van der Waals surface area contributed by atoms with E-state index in [1.807, 2.05) is 0 Å². The van der Waals surface area contributed by atoms with Gasteiger partial charge < -0.3 is 5.11 Å². The average molecular weight is 64.1 g/mol. The fourth-order valence-corrected chi connectivity index (χ4v) is 0. The molecule has 0 spiro atoms. The maximum absolute atomic E-state index is 8.16. The highest BCUT2D eigenvalue weighted by Gasteiger charge is 1.57. The van der Waals surface area contributed by atoms with Crippen molar-refractivity contribution >= 4 is 0 Å². The maximum Gasteiger partial charge on any atom is 0.0564 e. The van der Waals surface area contributed by atoms with Crippen molar-refractivity contribution in [2.24, 2.45) is 0 Å². The quantitative estimate of drug-likeness (QED) is 0.467. The first kappa shape index (κ1) is 1.41. The Morgan fingerprint density at radius 2 is 2.50 bits per heavy atom. The number of hydrogen-bond acceptors (Lipinski definition) is 1. The summed E-state index contributed by atoms with van der Waals surface area (Å²) < 4.78 is 12.8. The maximum atomic E-state index is 8.16. The van der Waals surface area contributed by atoms with E-state index >= 15 is 0 Å². The molecular formula is C3H8O. The van der Waals surface area contributed by atoms with Gasteiger partial charge in [0.05, 0.1) is 2.74 Å². The molecule has 0 saturated heterocycles. The normalized spacial score (nSPS) is 18.5. The molecule has 0 radical (unpaired) electrons. The van der Waals surface area contributed by atoms with Gasteiger partial charge in [0.15, 0.2) is 0 Å². The molecule has 0 fully saturated rings. The molecule has 0 unspecified atom stereocenters. The first-order valence-corrected chi connectivity index (χ1v) is 1.28. The van der Waals surface area contributed by atoms with Crippen LogP contribution in [0.15, 0.2) is 0 Å². The van der Waals surface area contributed by atoms with Crippen LogP contribution >= 0.6 is 0 Å². The van der Waals surface area contributed by atoms with Gasteiger partial charge in [0.25, 0.3) is 0 Å². The Kier molecular flexibility index (Phi) is 1.04. The van der Waals surface area contributed by atoms with Crippen molar-refractivity contribution < 1.29 is 7.85 Å². The van der Waals surface area contributed by atoms with Crippen LogP contribution < -0.4 is 0 Å². The summed E-state index contributed by atoms with van der Waals surface area (Å²) in [7, 11) is 0. The molecule has 0 heterocycles. The van der Waals surface area contributed by atoms with Crippen molar-refractivity contribution in [3.63, 3.8) is 0 Å². The molecule has 0 aliphatic carbocycles. The Balaban J connectivity index is 3.17. The van der Waals surface area contributed by atoms with Crippen molar-refractivity contribution in [2.75, 3.05) is 6.56 Å². The van der Waals surface area contributed by atoms with Gasteiger partial charge >= 0.3 is 0 Å². The van der Waals surface area contributed by atoms with Gasteiger partial charge in [-0.25, -0.2) is 0 Å². The van der Waals surface area contributed by atoms with Gasteiger partial charge in [0, 0.05) is 6.56 Å². The third-order valence-corrected chi connectivity index (χ3v) is 0.158. The third-order valence-electron chi connectivity index (χ3n) is 0.158. The minimum Gasteiger partial charge on any atom is -0.396 e. The molecule has 26 valence electrons. The van der Waals surface area contributed by atoms with E-state index in [1.54, 1.807) is 6.92 Å². The smallest absolute Gasteiger partial charge is 0.0564 e. The number of hydrogen-bond donors (Lipinski definition) is 1. The minimum atomic E-state index is -1.96. The first-order valence-electron chi connectivity index (χ1n) is 2.28. The fraction of sp³-hybridized carbons (Fsp3) is 1.00. The molecule has 1 heteroatoms. The summed E-state index contributed by atoms with van der Waals surface area (Å²) in [6.45, 7) is -0.375. The molecule has 1 N–H and O–H groups in total. The molecule has 0 aromatic rings. The lowest BCUT2D eigenvalue weighted by Crippen LogP contribution is -1.69. The standard InChI is InChI=1S/C3H8O/c1-2-3-4/h4H,2-3H2,1H3/i3T2. The van der Waals surface area contributed by atoms with E-state index in [0.717, 1.165) is 0 Å². The Morgan fingerprint density at radius 3 is 2.50 bits per heavy atom. The van der Waals surface area contributed by atoms with Gasteiger partial charge in [-0.1, -0.05) is 6.92 Å². The molecule has 0 atom stereocenters. The molecular weight excluding hydrogens is 52.0 g/mol. The third kappa shape index (κ3) is 1.96. The molecule has 1 nitrogen and oxygen atoms in total. The van der Waals surface area contributed by atoms with Gasteiger partial charge in [-0.3, -0.25) is 0 Å². The van der Waals surface area contributed by atoms with E-state index < -0.39 is 6.56 Å². The predicted octanol–water partition coefficient (Wildman–Crippen LogP) is 0.389. The van der Waals surface area contributed by atoms with E-state index in [4.69, 9.17) is 7.85 Å². The van der Waals surface area contributed by atoms with Gasteiger partial charge in [-0.05, 0) is 6.42 Å². The zero-order valence-corrected chi connectivity index (χ0v) is 2.65. The second-order valence-corrected chi connectivity index (χ2v) is 0.512. The van der Waals surface area contributed by atoms with Crippen molar-refractivity contribution in [1.29, 1.82) is 0 Å². The topological polar surface area (TPSA) is 20.2 Å². The lowest BCUT2D eigenvalue weighted by molar-refractivity contribution is 0.295. The van der Waals surface area contributed by atoms with Crippen LogP contribution in [0.1, 0.15) is 16.1 Å². The van der Waals surface area contributed by atoms with E-state index in [-0.39, 0.29) is 6.42 Å². The summed E-state index contributed by atoms with van der Waals surface area (Å²) in [5.41, 5.74) is 0. The van der Waals surface area contributed by atoms with Crippen molar-refractivity contribution in [3.05, 3.63) is 0 Å². The van der Waals surface area contributed by atoms with E-state index in [2.05, 4.69) is 0 Å². The largest absolute Gasteiger partial charge is 0.396 e. The highest BCUT2D eigenvalue weighted by atomic mass is 16.2. The van der Waals surface area contributed by atoms with E-state index in [0.29, 0.717) is 0 Å².